The minimum atomic E-state index is -0.939. The maximum absolute atomic E-state index is 12.4. The second kappa shape index (κ2) is 6.94. The summed E-state index contributed by atoms with van der Waals surface area (Å²) in [7, 11) is 0. The summed E-state index contributed by atoms with van der Waals surface area (Å²) in [5, 5.41) is 16.4. The fourth-order valence-corrected chi connectivity index (χ4v) is 2.94. The van der Waals surface area contributed by atoms with Crippen molar-refractivity contribution >= 4 is 11.9 Å². The molecule has 138 valence electrons. The van der Waals surface area contributed by atoms with Gasteiger partial charge in [0.1, 0.15) is 5.69 Å². The Morgan fingerprint density at radius 2 is 1.88 bits per heavy atom. The Kier molecular flexibility index (Phi) is 4.85. The number of carboxylic acids is 1. The van der Waals surface area contributed by atoms with E-state index in [0.29, 0.717) is 24.6 Å². The van der Waals surface area contributed by atoms with Crippen molar-refractivity contribution in [1.82, 2.24) is 15.1 Å². The molecule has 0 spiro atoms. The molecule has 2 aromatic rings. The monoisotopic (exact) mass is 355 g/mol. The molecule has 1 amide bonds. The predicted octanol–water partition coefficient (Wildman–Crippen LogP) is 3.19. The van der Waals surface area contributed by atoms with Gasteiger partial charge in [-0.15, -0.1) is 0 Å². The number of benzene rings is 1. The molecule has 1 fully saturated rings. The standard InChI is InChI=1S/C20H25N3O3/c1-20(2,3)23-17(14-8-9-14)12-16(22-23)18(24)21-11-10-13-4-6-15(7-5-13)19(25)26/h4-7,12,14H,8-11H2,1-3H3,(H,21,24)(H,25,26). The van der Waals surface area contributed by atoms with Crippen LogP contribution in [0.1, 0.15) is 71.6 Å². The molecule has 6 nitrogen and oxygen atoms in total. The van der Waals surface area contributed by atoms with Crippen molar-refractivity contribution < 1.29 is 14.7 Å². The molecule has 0 aliphatic heterocycles. The molecular weight excluding hydrogens is 330 g/mol. The lowest BCUT2D eigenvalue weighted by molar-refractivity contribution is 0.0696. The smallest absolute Gasteiger partial charge is 0.335 e. The van der Waals surface area contributed by atoms with E-state index in [4.69, 9.17) is 5.11 Å². The highest BCUT2D eigenvalue weighted by atomic mass is 16.4. The average Bonchev–Trinajstić information content (AvgIpc) is 3.32. The molecule has 3 rings (SSSR count). The maximum Gasteiger partial charge on any atom is 0.335 e. The summed E-state index contributed by atoms with van der Waals surface area (Å²) in [6.07, 6.45) is 2.96. The van der Waals surface area contributed by atoms with Crippen LogP contribution in [-0.2, 0) is 12.0 Å². The number of nitrogens with one attached hydrogen (secondary N) is 1. The van der Waals surface area contributed by atoms with Gasteiger partial charge in [-0.25, -0.2) is 4.79 Å². The number of hydrogen-bond donors (Lipinski definition) is 2. The van der Waals surface area contributed by atoms with Gasteiger partial charge in [-0.05, 0) is 63.8 Å². The van der Waals surface area contributed by atoms with Gasteiger partial charge in [0.25, 0.3) is 5.91 Å². The highest BCUT2D eigenvalue weighted by molar-refractivity contribution is 5.92. The van der Waals surface area contributed by atoms with E-state index in [1.807, 2.05) is 10.7 Å². The number of aromatic nitrogens is 2. The third-order valence-electron chi connectivity index (χ3n) is 4.50. The van der Waals surface area contributed by atoms with E-state index in [2.05, 4.69) is 31.2 Å². The van der Waals surface area contributed by atoms with Gasteiger partial charge in [0, 0.05) is 18.2 Å². The highest BCUT2D eigenvalue weighted by Gasteiger charge is 2.32. The van der Waals surface area contributed by atoms with E-state index in [1.54, 1.807) is 24.3 Å². The quantitative estimate of drug-likeness (QED) is 0.833. The Balaban J connectivity index is 1.61. The topological polar surface area (TPSA) is 84.2 Å². The first-order valence-corrected chi connectivity index (χ1v) is 8.96. The van der Waals surface area contributed by atoms with Crippen LogP contribution in [0.4, 0.5) is 0 Å². The summed E-state index contributed by atoms with van der Waals surface area (Å²) in [5.41, 5.74) is 2.70. The van der Waals surface area contributed by atoms with Crippen LogP contribution in [0, 0.1) is 0 Å². The minimum Gasteiger partial charge on any atom is -0.478 e. The van der Waals surface area contributed by atoms with Gasteiger partial charge in [-0.1, -0.05) is 12.1 Å². The lowest BCUT2D eigenvalue weighted by Crippen LogP contribution is -2.28. The predicted molar refractivity (Wildman–Crippen MR) is 98.6 cm³/mol. The molecule has 1 aliphatic rings. The summed E-state index contributed by atoms with van der Waals surface area (Å²) >= 11 is 0. The molecule has 6 heteroatoms. The van der Waals surface area contributed by atoms with E-state index in [9.17, 15) is 9.59 Å². The zero-order chi connectivity index (χ0) is 18.9. The number of nitrogens with zero attached hydrogens (tertiary/aromatic N) is 2. The molecule has 1 heterocycles. The number of hydrogen-bond acceptors (Lipinski definition) is 3. The van der Waals surface area contributed by atoms with Gasteiger partial charge >= 0.3 is 5.97 Å². The molecule has 26 heavy (non-hydrogen) atoms. The molecule has 0 saturated heterocycles. The van der Waals surface area contributed by atoms with Crippen LogP contribution in [0.2, 0.25) is 0 Å². The van der Waals surface area contributed by atoms with Crippen molar-refractivity contribution in [3.8, 4) is 0 Å². The van der Waals surface area contributed by atoms with Crippen molar-refractivity contribution in [3.63, 3.8) is 0 Å². The number of rotatable bonds is 6. The Bertz CT molecular complexity index is 812. The van der Waals surface area contributed by atoms with E-state index in [-0.39, 0.29) is 17.0 Å². The largest absolute Gasteiger partial charge is 0.478 e. The van der Waals surface area contributed by atoms with Gasteiger partial charge in [-0.2, -0.15) is 5.10 Å². The first-order valence-electron chi connectivity index (χ1n) is 8.96. The Morgan fingerprint density at radius 1 is 1.23 bits per heavy atom. The Hall–Kier alpha value is -2.63. The van der Waals surface area contributed by atoms with E-state index in [0.717, 1.165) is 24.1 Å². The first kappa shape index (κ1) is 18.2. The summed E-state index contributed by atoms with van der Waals surface area (Å²) < 4.78 is 1.98. The zero-order valence-electron chi connectivity index (χ0n) is 15.5. The molecule has 0 atom stereocenters. The van der Waals surface area contributed by atoms with Crippen molar-refractivity contribution in [2.45, 2.75) is 51.5 Å². The molecule has 1 aromatic heterocycles. The minimum absolute atomic E-state index is 0.150. The van der Waals surface area contributed by atoms with Gasteiger partial charge in [0.2, 0.25) is 0 Å². The number of amides is 1. The van der Waals surface area contributed by atoms with E-state index in [1.165, 1.54) is 0 Å². The average molecular weight is 355 g/mol. The van der Waals surface area contributed by atoms with Crippen molar-refractivity contribution in [2.75, 3.05) is 6.54 Å². The van der Waals surface area contributed by atoms with Crippen LogP contribution >= 0.6 is 0 Å². The maximum atomic E-state index is 12.4. The molecule has 0 bridgehead atoms. The second-order valence-electron chi connectivity index (χ2n) is 7.82. The Morgan fingerprint density at radius 3 is 2.42 bits per heavy atom. The van der Waals surface area contributed by atoms with Crippen LogP contribution in [-0.4, -0.2) is 33.3 Å². The van der Waals surface area contributed by atoms with Crippen molar-refractivity contribution in [2.24, 2.45) is 0 Å². The van der Waals surface area contributed by atoms with Crippen LogP contribution < -0.4 is 5.32 Å². The molecular formula is C20H25N3O3. The van der Waals surface area contributed by atoms with Crippen molar-refractivity contribution in [1.29, 1.82) is 0 Å². The molecule has 0 unspecified atom stereocenters. The van der Waals surface area contributed by atoms with Gasteiger partial charge in [-0.3, -0.25) is 9.48 Å². The third-order valence-corrected chi connectivity index (χ3v) is 4.50. The zero-order valence-corrected chi connectivity index (χ0v) is 15.5. The number of carboxylic acid groups (broad SMARTS) is 1. The Labute approximate surface area is 153 Å². The number of carbonyl (C=O) groups excluding carboxylic acids is 1. The number of aromatic carboxylic acids is 1. The lowest BCUT2D eigenvalue weighted by Gasteiger charge is -2.22. The van der Waals surface area contributed by atoms with E-state index >= 15 is 0 Å². The molecule has 1 aliphatic carbocycles. The molecule has 1 aromatic carbocycles. The first-order chi connectivity index (χ1) is 12.3. The van der Waals surface area contributed by atoms with E-state index < -0.39 is 5.97 Å². The SMILES string of the molecule is CC(C)(C)n1nc(C(=O)NCCc2ccc(C(=O)O)cc2)cc1C1CC1. The normalized spacial score (nSPS) is 14.3. The van der Waals surface area contributed by atoms with Crippen LogP contribution in [0.15, 0.2) is 30.3 Å². The second-order valence-corrected chi connectivity index (χ2v) is 7.82. The molecule has 0 radical (unpaired) electrons. The summed E-state index contributed by atoms with van der Waals surface area (Å²) in [6, 6.07) is 8.61. The summed E-state index contributed by atoms with van der Waals surface area (Å²) in [5.74, 6) is -0.584. The summed E-state index contributed by atoms with van der Waals surface area (Å²) in [4.78, 5) is 23.3. The van der Waals surface area contributed by atoms with Gasteiger partial charge < -0.3 is 10.4 Å². The highest BCUT2D eigenvalue weighted by Crippen LogP contribution is 2.41. The molecule has 1 saturated carbocycles. The fraction of sp³-hybridized carbons (Fsp3) is 0.450. The number of carbonyl (C=O) groups is 2. The van der Waals surface area contributed by atoms with Crippen molar-refractivity contribution in [3.05, 3.63) is 52.8 Å². The van der Waals surface area contributed by atoms with Crippen LogP contribution in [0.25, 0.3) is 0 Å². The summed E-state index contributed by atoms with van der Waals surface area (Å²) in [6.45, 7) is 6.75. The lowest BCUT2D eigenvalue weighted by atomic mass is 10.1. The van der Waals surface area contributed by atoms with Gasteiger partial charge in [0.15, 0.2) is 0 Å². The third kappa shape index (κ3) is 4.12. The molecule has 2 N–H and O–H groups in total. The fourth-order valence-electron chi connectivity index (χ4n) is 2.94. The van der Waals surface area contributed by atoms with Gasteiger partial charge in [0.05, 0.1) is 11.1 Å². The van der Waals surface area contributed by atoms with Crippen LogP contribution in [0.5, 0.6) is 0 Å². The van der Waals surface area contributed by atoms with Crippen LogP contribution in [0.3, 0.4) is 0 Å².